The Hall–Kier alpha value is -1.75. The molecule has 0 aliphatic carbocycles. The van der Waals surface area contributed by atoms with Crippen molar-refractivity contribution in [2.75, 3.05) is 57.3 Å². The molecule has 114 valence electrons. The van der Waals surface area contributed by atoms with Gasteiger partial charge in [0.25, 0.3) is 0 Å². The number of urea groups is 1. The predicted octanol–water partition coefficient (Wildman–Crippen LogP) is 1.14. The number of carbonyl (C=O) groups is 1. The molecule has 3 rings (SSSR count). The first kappa shape index (κ1) is 14.2. The van der Waals surface area contributed by atoms with Crippen molar-refractivity contribution in [2.45, 2.75) is 6.92 Å². The number of aryl methyl sites for hydroxylation is 1. The van der Waals surface area contributed by atoms with Gasteiger partial charge < -0.3 is 20.0 Å². The molecular weight excluding hydrogens is 264 g/mol. The lowest BCUT2D eigenvalue weighted by Gasteiger charge is -2.39. The Morgan fingerprint density at radius 3 is 2.33 bits per heavy atom. The lowest BCUT2D eigenvalue weighted by atomic mass is 10.2. The van der Waals surface area contributed by atoms with Crippen LogP contribution < -0.4 is 10.2 Å². The maximum atomic E-state index is 12.5. The molecule has 0 radical (unpaired) electrons. The van der Waals surface area contributed by atoms with Gasteiger partial charge in [0, 0.05) is 58.0 Å². The number of anilines is 1. The van der Waals surface area contributed by atoms with Crippen LogP contribution in [0.3, 0.4) is 0 Å². The highest BCUT2D eigenvalue weighted by molar-refractivity contribution is 5.75. The molecule has 0 aromatic heterocycles. The number of nitrogens with zero attached hydrogens (tertiary/aromatic N) is 3. The lowest BCUT2D eigenvalue weighted by molar-refractivity contribution is 0.144. The Morgan fingerprint density at radius 1 is 1.00 bits per heavy atom. The Labute approximate surface area is 126 Å². The van der Waals surface area contributed by atoms with Crippen LogP contribution in [-0.2, 0) is 0 Å². The lowest BCUT2D eigenvalue weighted by Crippen LogP contribution is -2.56. The number of rotatable bonds is 1. The molecule has 2 fully saturated rings. The highest BCUT2D eigenvalue weighted by atomic mass is 16.2. The average Bonchev–Trinajstić information content (AvgIpc) is 2.55. The number of hydrogen-bond acceptors (Lipinski definition) is 3. The van der Waals surface area contributed by atoms with Crippen LogP contribution in [0.5, 0.6) is 0 Å². The molecule has 2 amide bonds. The first-order chi connectivity index (χ1) is 10.2. The van der Waals surface area contributed by atoms with Crippen molar-refractivity contribution < 1.29 is 4.79 Å². The molecule has 21 heavy (non-hydrogen) atoms. The minimum absolute atomic E-state index is 0.209. The van der Waals surface area contributed by atoms with Crippen molar-refractivity contribution in [3.05, 3.63) is 29.8 Å². The van der Waals surface area contributed by atoms with Gasteiger partial charge in [-0.2, -0.15) is 0 Å². The molecule has 1 aromatic rings. The molecule has 2 aliphatic rings. The molecule has 2 aliphatic heterocycles. The number of carbonyl (C=O) groups excluding carboxylic acids is 1. The van der Waals surface area contributed by atoms with Crippen molar-refractivity contribution in [3.63, 3.8) is 0 Å². The highest BCUT2D eigenvalue weighted by Gasteiger charge is 2.26. The molecule has 1 aromatic carbocycles. The smallest absolute Gasteiger partial charge is 0.320 e. The van der Waals surface area contributed by atoms with E-state index in [1.807, 2.05) is 9.80 Å². The van der Waals surface area contributed by atoms with Crippen LogP contribution in [0, 0.1) is 6.92 Å². The average molecular weight is 288 g/mol. The van der Waals surface area contributed by atoms with E-state index in [-0.39, 0.29) is 6.03 Å². The van der Waals surface area contributed by atoms with Crippen LogP contribution in [0.15, 0.2) is 24.3 Å². The van der Waals surface area contributed by atoms with Crippen LogP contribution in [0.1, 0.15) is 5.56 Å². The van der Waals surface area contributed by atoms with Gasteiger partial charge in [-0.05, 0) is 24.6 Å². The molecule has 0 spiro atoms. The van der Waals surface area contributed by atoms with E-state index in [4.69, 9.17) is 0 Å². The molecule has 0 bridgehead atoms. The van der Waals surface area contributed by atoms with Crippen LogP contribution in [0.4, 0.5) is 10.5 Å². The fourth-order valence-corrected chi connectivity index (χ4v) is 3.04. The summed E-state index contributed by atoms with van der Waals surface area (Å²) >= 11 is 0. The maximum absolute atomic E-state index is 12.5. The Bertz CT molecular complexity index is 491. The van der Waals surface area contributed by atoms with Gasteiger partial charge in [0.2, 0.25) is 0 Å². The molecule has 2 heterocycles. The minimum Gasteiger partial charge on any atom is -0.368 e. The van der Waals surface area contributed by atoms with E-state index < -0.39 is 0 Å². The summed E-state index contributed by atoms with van der Waals surface area (Å²) in [4.78, 5) is 18.8. The molecule has 0 unspecified atom stereocenters. The Kier molecular flexibility index (Phi) is 4.29. The minimum atomic E-state index is 0.209. The zero-order chi connectivity index (χ0) is 14.7. The summed E-state index contributed by atoms with van der Waals surface area (Å²) in [5.41, 5.74) is 2.55. The van der Waals surface area contributed by atoms with E-state index >= 15 is 0 Å². The van der Waals surface area contributed by atoms with E-state index in [0.29, 0.717) is 0 Å². The fourth-order valence-electron chi connectivity index (χ4n) is 3.04. The zero-order valence-electron chi connectivity index (χ0n) is 12.7. The Balaban J connectivity index is 1.56. The summed E-state index contributed by atoms with van der Waals surface area (Å²) in [5.74, 6) is 0. The van der Waals surface area contributed by atoms with E-state index in [1.165, 1.54) is 11.3 Å². The van der Waals surface area contributed by atoms with Crippen molar-refractivity contribution >= 4 is 11.7 Å². The first-order valence-corrected chi connectivity index (χ1v) is 7.80. The van der Waals surface area contributed by atoms with Crippen molar-refractivity contribution in [3.8, 4) is 0 Å². The van der Waals surface area contributed by atoms with Gasteiger partial charge in [0.1, 0.15) is 0 Å². The molecule has 0 saturated carbocycles. The van der Waals surface area contributed by atoms with Crippen molar-refractivity contribution in [2.24, 2.45) is 0 Å². The second-order valence-corrected chi connectivity index (χ2v) is 5.83. The third-order valence-corrected chi connectivity index (χ3v) is 4.30. The van der Waals surface area contributed by atoms with E-state index in [0.717, 1.165) is 52.4 Å². The summed E-state index contributed by atoms with van der Waals surface area (Å²) in [5, 5.41) is 3.29. The van der Waals surface area contributed by atoms with Crippen LogP contribution >= 0.6 is 0 Å². The van der Waals surface area contributed by atoms with Gasteiger partial charge in [-0.25, -0.2) is 4.79 Å². The predicted molar refractivity (Wildman–Crippen MR) is 84.8 cm³/mol. The third-order valence-electron chi connectivity index (χ3n) is 4.30. The van der Waals surface area contributed by atoms with E-state index in [1.54, 1.807) is 0 Å². The van der Waals surface area contributed by atoms with Gasteiger partial charge in [-0.1, -0.05) is 12.1 Å². The normalized spacial score (nSPS) is 19.8. The number of nitrogens with one attached hydrogen (secondary N) is 1. The number of amides is 2. The van der Waals surface area contributed by atoms with Crippen LogP contribution in [0.2, 0.25) is 0 Å². The highest BCUT2D eigenvalue weighted by Crippen LogP contribution is 2.18. The summed E-state index contributed by atoms with van der Waals surface area (Å²) in [7, 11) is 0. The first-order valence-electron chi connectivity index (χ1n) is 7.80. The van der Waals surface area contributed by atoms with Gasteiger partial charge in [0.15, 0.2) is 0 Å². The van der Waals surface area contributed by atoms with Crippen LogP contribution in [0.25, 0.3) is 0 Å². The number of benzene rings is 1. The molecular formula is C16H24N4O. The topological polar surface area (TPSA) is 38.8 Å². The molecule has 1 N–H and O–H groups in total. The maximum Gasteiger partial charge on any atom is 0.320 e. The Morgan fingerprint density at radius 2 is 1.67 bits per heavy atom. The SMILES string of the molecule is Cc1cccc(N2CCN(C(=O)N3CCNCC3)CC2)c1. The molecule has 5 nitrogen and oxygen atoms in total. The van der Waals surface area contributed by atoms with Crippen molar-refractivity contribution in [1.29, 1.82) is 0 Å². The second kappa shape index (κ2) is 6.35. The van der Waals surface area contributed by atoms with Gasteiger partial charge in [-0.15, -0.1) is 0 Å². The quantitative estimate of drug-likeness (QED) is 0.842. The van der Waals surface area contributed by atoms with Gasteiger partial charge >= 0.3 is 6.03 Å². The monoisotopic (exact) mass is 288 g/mol. The summed E-state index contributed by atoms with van der Waals surface area (Å²) in [6.45, 7) is 9.07. The standard InChI is InChI=1S/C16H24N4O/c1-14-3-2-4-15(13-14)18-9-11-20(12-10-18)16(21)19-7-5-17-6-8-19/h2-4,13,17H,5-12H2,1H3. The van der Waals surface area contributed by atoms with Gasteiger partial charge in [-0.3, -0.25) is 0 Å². The van der Waals surface area contributed by atoms with Gasteiger partial charge in [0.05, 0.1) is 0 Å². The largest absolute Gasteiger partial charge is 0.368 e. The molecule has 0 atom stereocenters. The third kappa shape index (κ3) is 3.29. The van der Waals surface area contributed by atoms with Crippen molar-refractivity contribution in [1.82, 2.24) is 15.1 Å². The van der Waals surface area contributed by atoms with E-state index in [2.05, 4.69) is 41.4 Å². The zero-order valence-corrected chi connectivity index (χ0v) is 12.7. The second-order valence-electron chi connectivity index (χ2n) is 5.83. The number of piperazine rings is 2. The summed E-state index contributed by atoms with van der Waals surface area (Å²) in [6.07, 6.45) is 0. The fraction of sp³-hybridized carbons (Fsp3) is 0.562. The molecule has 5 heteroatoms. The summed E-state index contributed by atoms with van der Waals surface area (Å²) < 4.78 is 0. The van der Waals surface area contributed by atoms with E-state index in [9.17, 15) is 4.79 Å². The van der Waals surface area contributed by atoms with Crippen LogP contribution in [-0.4, -0.2) is 68.2 Å². The summed E-state index contributed by atoms with van der Waals surface area (Å²) in [6, 6.07) is 8.80. The number of hydrogen-bond donors (Lipinski definition) is 1. The molecule has 2 saturated heterocycles.